The van der Waals surface area contributed by atoms with Gasteiger partial charge >= 0.3 is 0 Å². The predicted octanol–water partition coefficient (Wildman–Crippen LogP) is 3.00. The van der Waals surface area contributed by atoms with E-state index < -0.39 is 9.84 Å². The molecule has 0 spiro atoms. The van der Waals surface area contributed by atoms with Crippen LogP contribution in [0.3, 0.4) is 0 Å². The average Bonchev–Trinajstić information content (AvgIpc) is 3.72. The van der Waals surface area contributed by atoms with Crippen LogP contribution in [0.4, 0.5) is 5.69 Å². The lowest BCUT2D eigenvalue weighted by Crippen LogP contribution is -2.48. The topological polar surface area (TPSA) is 95.1 Å². The molecule has 3 aliphatic carbocycles. The maximum absolute atomic E-state index is 13.7. The quantitative estimate of drug-likeness (QED) is 0.460. The van der Waals surface area contributed by atoms with Crippen LogP contribution in [0.2, 0.25) is 0 Å². The molecule has 0 aromatic heterocycles. The van der Waals surface area contributed by atoms with Gasteiger partial charge in [0.2, 0.25) is 17.7 Å². The van der Waals surface area contributed by atoms with E-state index in [1.165, 1.54) is 6.26 Å². The lowest BCUT2D eigenvalue weighted by molar-refractivity contribution is -0.141. The van der Waals surface area contributed by atoms with E-state index in [1.807, 2.05) is 17.0 Å². The van der Waals surface area contributed by atoms with Crippen molar-refractivity contribution in [2.24, 2.45) is 47.3 Å². The summed E-state index contributed by atoms with van der Waals surface area (Å²) >= 11 is 0. The van der Waals surface area contributed by atoms with E-state index >= 15 is 0 Å². The van der Waals surface area contributed by atoms with Crippen LogP contribution in [0.1, 0.15) is 51.0 Å². The molecule has 8 nitrogen and oxygen atoms in total. The Labute approximate surface area is 243 Å². The molecule has 3 saturated carbocycles. The van der Waals surface area contributed by atoms with Gasteiger partial charge in [-0.25, -0.2) is 8.42 Å². The van der Waals surface area contributed by atoms with E-state index in [-0.39, 0.29) is 65.0 Å². The van der Waals surface area contributed by atoms with Crippen molar-refractivity contribution in [3.05, 3.63) is 29.8 Å². The fourth-order valence-electron chi connectivity index (χ4n) is 9.98. The van der Waals surface area contributed by atoms with E-state index in [1.54, 1.807) is 4.90 Å². The van der Waals surface area contributed by atoms with Crippen LogP contribution >= 0.6 is 0 Å². The Morgan fingerprint density at radius 1 is 0.878 bits per heavy atom. The molecule has 0 radical (unpaired) electrons. The van der Waals surface area contributed by atoms with Crippen molar-refractivity contribution in [1.82, 2.24) is 9.80 Å². The van der Waals surface area contributed by atoms with Crippen molar-refractivity contribution in [3.8, 4) is 0 Å². The summed E-state index contributed by atoms with van der Waals surface area (Å²) in [5.74, 6) is 0.875. The number of amides is 3. The Hall–Kier alpha value is -2.26. The van der Waals surface area contributed by atoms with E-state index in [4.69, 9.17) is 0 Å². The second-order valence-electron chi connectivity index (χ2n) is 14.1. The van der Waals surface area contributed by atoms with Crippen LogP contribution in [0.5, 0.6) is 0 Å². The van der Waals surface area contributed by atoms with Crippen LogP contribution in [-0.2, 0) is 30.6 Å². The number of hydrogen-bond donors (Lipinski definition) is 0. The first kappa shape index (κ1) is 27.6. The number of nitrogens with zero attached hydrogens (tertiary/aromatic N) is 3. The van der Waals surface area contributed by atoms with Gasteiger partial charge in [0.05, 0.1) is 24.0 Å². The first-order valence-corrected chi connectivity index (χ1v) is 17.8. The SMILES string of the molecule is CC1C(CS(C)(=O)=O)C2CC1C1C(=O)N(C[C@H]3CCC[C@@H]3CN3CCC(N4C(=O)Cc5ccccc54)CC3)C(=O)C21. The molecule has 7 rings (SSSR count). The Morgan fingerprint density at radius 3 is 2.24 bits per heavy atom. The molecule has 1 aromatic carbocycles. The second-order valence-corrected chi connectivity index (χ2v) is 16.3. The number of carbonyl (C=O) groups is 3. The monoisotopic (exact) mass is 581 g/mol. The molecule has 6 aliphatic rings. The van der Waals surface area contributed by atoms with Gasteiger partial charge in [-0.3, -0.25) is 19.3 Å². The van der Waals surface area contributed by atoms with E-state index in [0.29, 0.717) is 24.8 Å². The number of imide groups is 1. The van der Waals surface area contributed by atoms with E-state index in [9.17, 15) is 22.8 Å². The van der Waals surface area contributed by atoms with Gasteiger partial charge in [0, 0.05) is 44.2 Å². The largest absolute Gasteiger partial charge is 0.309 e. The van der Waals surface area contributed by atoms with Crippen LogP contribution in [0.25, 0.3) is 0 Å². The van der Waals surface area contributed by atoms with Gasteiger partial charge in [-0.2, -0.15) is 0 Å². The van der Waals surface area contributed by atoms with Gasteiger partial charge in [-0.1, -0.05) is 31.5 Å². The van der Waals surface area contributed by atoms with Gasteiger partial charge in [-0.15, -0.1) is 0 Å². The summed E-state index contributed by atoms with van der Waals surface area (Å²) in [4.78, 5) is 46.3. The number of sulfone groups is 1. The van der Waals surface area contributed by atoms with Crippen LogP contribution in [0, 0.1) is 47.3 Å². The second kappa shape index (κ2) is 10.2. The Morgan fingerprint density at radius 2 is 1.54 bits per heavy atom. The Bertz CT molecular complexity index is 1350. The average molecular weight is 582 g/mol. The maximum Gasteiger partial charge on any atom is 0.233 e. The number of benzene rings is 1. The van der Waals surface area contributed by atoms with Gasteiger partial charge in [0.1, 0.15) is 9.84 Å². The van der Waals surface area contributed by atoms with Crippen molar-refractivity contribution >= 4 is 33.2 Å². The zero-order valence-corrected chi connectivity index (χ0v) is 25.1. The molecule has 2 bridgehead atoms. The summed E-state index contributed by atoms with van der Waals surface area (Å²) in [6.07, 6.45) is 7.86. The third-order valence-corrected chi connectivity index (χ3v) is 12.9. The van der Waals surface area contributed by atoms with E-state index in [2.05, 4.69) is 24.0 Å². The van der Waals surface area contributed by atoms with Gasteiger partial charge in [0.25, 0.3) is 0 Å². The molecular formula is C32H43N3O5S. The molecule has 0 N–H and O–H groups in total. The van der Waals surface area contributed by atoms with Crippen molar-refractivity contribution in [3.63, 3.8) is 0 Å². The van der Waals surface area contributed by atoms with Gasteiger partial charge in [-0.05, 0) is 79.2 Å². The highest BCUT2D eigenvalue weighted by Crippen LogP contribution is 2.61. The number of piperidine rings is 1. The maximum atomic E-state index is 13.7. The highest BCUT2D eigenvalue weighted by atomic mass is 32.2. The van der Waals surface area contributed by atoms with Crippen molar-refractivity contribution < 1.29 is 22.8 Å². The van der Waals surface area contributed by atoms with Crippen LogP contribution in [0.15, 0.2) is 24.3 Å². The molecule has 8 atom stereocenters. The smallest absolute Gasteiger partial charge is 0.233 e. The summed E-state index contributed by atoms with van der Waals surface area (Å²) < 4.78 is 24.2. The van der Waals surface area contributed by atoms with E-state index in [0.717, 1.165) is 69.4 Å². The Kier molecular flexibility index (Phi) is 6.84. The fraction of sp³-hybridized carbons (Fsp3) is 0.719. The van der Waals surface area contributed by atoms with Crippen LogP contribution in [-0.4, -0.2) is 80.2 Å². The molecule has 1 aromatic rings. The lowest BCUT2D eigenvalue weighted by atomic mass is 9.70. The van der Waals surface area contributed by atoms with Crippen molar-refractivity contribution in [1.29, 1.82) is 0 Å². The minimum absolute atomic E-state index is 0.0131. The molecule has 3 heterocycles. The summed E-state index contributed by atoms with van der Waals surface area (Å²) in [6.45, 7) is 5.54. The molecule has 6 unspecified atom stereocenters. The summed E-state index contributed by atoms with van der Waals surface area (Å²) in [6, 6.07) is 8.41. The number of hydrogen-bond acceptors (Lipinski definition) is 6. The number of fused-ring (bicyclic) bond motifs is 6. The molecule has 9 heteroatoms. The number of anilines is 1. The summed E-state index contributed by atoms with van der Waals surface area (Å²) in [5.41, 5.74) is 2.22. The minimum atomic E-state index is -3.13. The Balaban J connectivity index is 0.968. The number of carbonyl (C=O) groups excluding carboxylic acids is 3. The zero-order valence-electron chi connectivity index (χ0n) is 24.3. The first-order chi connectivity index (χ1) is 19.6. The predicted molar refractivity (Wildman–Crippen MR) is 156 cm³/mol. The number of rotatable bonds is 7. The molecule has 41 heavy (non-hydrogen) atoms. The normalized spacial score (nSPS) is 37.5. The molecule has 222 valence electrons. The molecular weight excluding hydrogens is 538 g/mol. The molecule has 3 amide bonds. The third-order valence-electron chi connectivity index (χ3n) is 11.9. The third kappa shape index (κ3) is 4.66. The molecule has 2 saturated heterocycles. The fourth-order valence-corrected chi connectivity index (χ4v) is 11.2. The number of likely N-dealkylation sites (tertiary alicyclic amines) is 2. The van der Waals surface area contributed by atoms with Crippen molar-refractivity contribution in [2.45, 2.75) is 57.9 Å². The summed E-state index contributed by atoms with van der Waals surface area (Å²) in [5, 5.41) is 0. The van der Waals surface area contributed by atoms with Gasteiger partial charge < -0.3 is 9.80 Å². The molecule has 5 fully saturated rings. The highest BCUT2D eigenvalue weighted by molar-refractivity contribution is 7.90. The lowest BCUT2D eigenvalue weighted by Gasteiger charge is -2.38. The highest BCUT2D eigenvalue weighted by Gasteiger charge is 2.66. The zero-order chi connectivity index (χ0) is 28.6. The first-order valence-electron chi connectivity index (χ1n) is 15.8. The van der Waals surface area contributed by atoms with Crippen molar-refractivity contribution in [2.75, 3.05) is 43.1 Å². The minimum Gasteiger partial charge on any atom is -0.309 e. The van der Waals surface area contributed by atoms with Crippen LogP contribution < -0.4 is 4.90 Å². The summed E-state index contributed by atoms with van der Waals surface area (Å²) in [7, 11) is -3.13. The number of para-hydroxylation sites is 1. The molecule has 3 aliphatic heterocycles. The standard InChI is InChI=1S/C32H43N3O5S/c1-19-24-15-25(26(19)18-41(2,39)40)30-29(24)31(37)34(32(30)38)17-22-8-5-7-21(22)16-33-12-10-23(11-13-33)35-27-9-4-3-6-20(27)14-28(35)36/h3-4,6,9,19,21-26,29-30H,5,7-8,10-18H2,1-2H3/t19?,21-,22-,24?,25?,26?,29?,30?/m1/s1. The van der Waals surface area contributed by atoms with Gasteiger partial charge in [0.15, 0.2) is 0 Å².